The van der Waals surface area contributed by atoms with Gasteiger partial charge in [0.15, 0.2) is 5.16 Å². The predicted octanol–water partition coefficient (Wildman–Crippen LogP) is 4.12. The maximum atomic E-state index is 5.84. The van der Waals surface area contributed by atoms with Crippen LogP contribution in [-0.4, -0.2) is 21.6 Å². The monoisotopic (exact) mass is 315 g/mol. The predicted molar refractivity (Wildman–Crippen MR) is 76.2 cm³/mol. The Labute approximate surface area is 125 Å². The number of aromatic nitrogens is 3. The van der Waals surface area contributed by atoms with E-state index < -0.39 is 0 Å². The van der Waals surface area contributed by atoms with Gasteiger partial charge < -0.3 is 4.74 Å². The highest BCUT2D eigenvalue weighted by Crippen LogP contribution is 2.27. The summed E-state index contributed by atoms with van der Waals surface area (Å²) in [6.45, 7) is 2.55. The molecule has 19 heavy (non-hydrogen) atoms. The number of ether oxygens (including phenoxy) is 1. The van der Waals surface area contributed by atoms with Crippen LogP contribution < -0.4 is 4.74 Å². The van der Waals surface area contributed by atoms with Gasteiger partial charge in [-0.2, -0.15) is 15.0 Å². The average molecular weight is 316 g/mol. The standard InChI is InChI=1S/C12H11Cl2N3OS/c1-2-7-18-11-15-10(14)16-12(17-11)19-9-5-3-8(13)4-6-9/h3-6H,2,7H2,1H3. The second-order valence-electron chi connectivity index (χ2n) is 3.57. The molecule has 1 aromatic carbocycles. The van der Waals surface area contributed by atoms with Crippen LogP contribution in [0.3, 0.4) is 0 Å². The minimum atomic E-state index is 0.123. The summed E-state index contributed by atoms with van der Waals surface area (Å²) < 4.78 is 5.35. The quantitative estimate of drug-likeness (QED) is 0.830. The van der Waals surface area contributed by atoms with Gasteiger partial charge in [0.25, 0.3) is 0 Å². The lowest BCUT2D eigenvalue weighted by molar-refractivity contribution is 0.288. The normalized spacial score (nSPS) is 10.5. The van der Waals surface area contributed by atoms with Crippen LogP contribution in [0.4, 0.5) is 0 Å². The maximum Gasteiger partial charge on any atom is 0.321 e. The van der Waals surface area contributed by atoms with Crippen LogP contribution in [-0.2, 0) is 0 Å². The lowest BCUT2D eigenvalue weighted by atomic mass is 10.4. The Kier molecular flexibility index (Phi) is 5.24. The van der Waals surface area contributed by atoms with Crippen molar-refractivity contribution < 1.29 is 4.74 Å². The zero-order chi connectivity index (χ0) is 13.7. The van der Waals surface area contributed by atoms with E-state index >= 15 is 0 Å². The van der Waals surface area contributed by atoms with Crippen LogP contribution >= 0.6 is 35.0 Å². The van der Waals surface area contributed by atoms with Gasteiger partial charge in [-0.3, -0.25) is 0 Å². The van der Waals surface area contributed by atoms with Crippen LogP contribution in [0, 0.1) is 0 Å². The number of benzene rings is 1. The molecule has 0 unspecified atom stereocenters. The average Bonchev–Trinajstić information content (AvgIpc) is 2.38. The molecule has 2 aromatic rings. The molecule has 0 bridgehead atoms. The smallest absolute Gasteiger partial charge is 0.321 e. The van der Waals surface area contributed by atoms with Crippen molar-refractivity contribution in [2.75, 3.05) is 6.61 Å². The van der Waals surface area contributed by atoms with Gasteiger partial charge >= 0.3 is 6.01 Å². The molecule has 0 spiro atoms. The molecule has 0 radical (unpaired) electrons. The summed E-state index contributed by atoms with van der Waals surface area (Å²) in [7, 11) is 0. The summed E-state index contributed by atoms with van der Waals surface area (Å²) in [5.41, 5.74) is 0. The second-order valence-corrected chi connectivity index (χ2v) is 5.39. The van der Waals surface area contributed by atoms with Gasteiger partial charge in [0.05, 0.1) is 6.61 Å². The van der Waals surface area contributed by atoms with Crippen LogP contribution in [0.2, 0.25) is 10.3 Å². The van der Waals surface area contributed by atoms with Crippen molar-refractivity contribution in [3.05, 3.63) is 34.6 Å². The van der Waals surface area contributed by atoms with E-state index in [4.69, 9.17) is 27.9 Å². The van der Waals surface area contributed by atoms with Crippen molar-refractivity contribution in [2.24, 2.45) is 0 Å². The third-order valence-corrected chi connectivity index (χ3v) is 3.32. The lowest BCUT2D eigenvalue weighted by Gasteiger charge is -2.05. The molecular formula is C12H11Cl2N3OS. The fourth-order valence-corrected chi connectivity index (χ4v) is 2.29. The highest BCUT2D eigenvalue weighted by molar-refractivity contribution is 7.99. The topological polar surface area (TPSA) is 47.9 Å². The molecule has 1 aromatic heterocycles. The largest absolute Gasteiger partial charge is 0.463 e. The summed E-state index contributed by atoms with van der Waals surface area (Å²) >= 11 is 13.0. The van der Waals surface area contributed by atoms with Crippen molar-refractivity contribution in [1.29, 1.82) is 0 Å². The summed E-state index contributed by atoms with van der Waals surface area (Å²) in [6, 6.07) is 7.63. The molecule has 2 rings (SSSR count). The Hall–Kier alpha value is -1.04. The summed E-state index contributed by atoms with van der Waals surface area (Å²) in [6.07, 6.45) is 0.878. The molecule has 0 aliphatic heterocycles. The third-order valence-electron chi connectivity index (χ3n) is 2.03. The van der Waals surface area contributed by atoms with Crippen molar-refractivity contribution in [1.82, 2.24) is 15.0 Å². The molecule has 0 atom stereocenters. The van der Waals surface area contributed by atoms with Gasteiger partial charge in [0.1, 0.15) is 0 Å². The minimum Gasteiger partial charge on any atom is -0.463 e. The van der Waals surface area contributed by atoms with Gasteiger partial charge in [-0.05, 0) is 54.0 Å². The van der Waals surface area contributed by atoms with E-state index in [1.807, 2.05) is 19.1 Å². The van der Waals surface area contributed by atoms with E-state index in [0.717, 1.165) is 11.3 Å². The molecule has 4 nitrogen and oxygen atoms in total. The van der Waals surface area contributed by atoms with Gasteiger partial charge in [0, 0.05) is 9.92 Å². The van der Waals surface area contributed by atoms with Crippen molar-refractivity contribution in [3.8, 4) is 6.01 Å². The Morgan fingerprint density at radius 1 is 1.11 bits per heavy atom. The summed E-state index contributed by atoms with van der Waals surface area (Å²) in [5, 5.41) is 1.30. The SMILES string of the molecule is CCCOc1nc(Cl)nc(Sc2ccc(Cl)cc2)n1. The maximum absolute atomic E-state index is 5.84. The first-order chi connectivity index (χ1) is 9.17. The third kappa shape index (κ3) is 4.53. The fraction of sp³-hybridized carbons (Fsp3) is 0.250. The van der Waals surface area contributed by atoms with E-state index in [2.05, 4.69) is 15.0 Å². The molecule has 0 saturated heterocycles. The van der Waals surface area contributed by atoms with Gasteiger partial charge in [-0.15, -0.1) is 0 Å². The Balaban J connectivity index is 2.15. The zero-order valence-corrected chi connectivity index (χ0v) is 12.5. The van der Waals surface area contributed by atoms with E-state index in [1.54, 1.807) is 12.1 Å². The molecule has 0 N–H and O–H groups in total. The van der Waals surface area contributed by atoms with Crippen LogP contribution in [0.5, 0.6) is 6.01 Å². The van der Waals surface area contributed by atoms with Crippen molar-refractivity contribution in [3.63, 3.8) is 0 Å². The fourth-order valence-electron chi connectivity index (χ4n) is 1.23. The number of hydrogen-bond acceptors (Lipinski definition) is 5. The highest BCUT2D eigenvalue weighted by Gasteiger charge is 2.07. The molecular weight excluding hydrogens is 305 g/mol. The first kappa shape index (κ1) is 14.4. The summed E-state index contributed by atoms with van der Waals surface area (Å²) in [4.78, 5) is 13.1. The van der Waals surface area contributed by atoms with E-state index in [9.17, 15) is 0 Å². The molecule has 1 heterocycles. The van der Waals surface area contributed by atoms with E-state index in [-0.39, 0.29) is 11.3 Å². The molecule has 7 heteroatoms. The van der Waals surface area contributed by atoms with Crippen LogP contribution in [0.15, 0.2) is 34.3 Å². The Morgan fingerprint density at radius 2 is 1.84 bits per heavy atom. The van der Waals surface area contributed by atoms with Gasteiger partial charge in [-0.1, -0.05) is 18.5 Å². The molecule has 0 amide bonds. The molecule has 0 fully saturated rings. The summed E-state index contributed by atoms with van der Waals surface area (Å²) in [5.74, 6) is 0. The Morgan fingerprint density at radius 3 is 2.53 bits per heavy atom. The molecule has 0 saturated carbocycles. The van der Waals surface area contributed by atoms with Crippen molar-refractivity contribution in [2.45, 2.75) is 23.4 Å². The number of rotatable bonds is 5. The second kappa shape index (κ2) is 6.93. The minimum absolute atomic E-state index is 0.123. The van der Waals surface area contributed by atoms with E-state index in [0.29, 0.717) is 16.8 Å². The Bertz CT molecular complexity index is 551. The van der Waals surface area contributed by atoms with Gasteiger partial charge in [-0.25, -0.2) is 0 Å². The first-order valence-electron chi connectivity index (χ1n) is 5.65. The van der Waals surface area contributed by atoms with Crippen molar-refractivity contribution >= 4 is 35.0 Å². The number of nitrogens with zero attached hydrogens (tertiary/aromatic N) is 3. The van der Waals surface area contributed by atoms with E-state index in [1.165, 1.54) is 11.8 Å². The number of hydrogen-bond donors (Lipinski definition) is 0. The zero-order valence-electron chi connectivity index (χ0n) is 10.1. The number of halogens is 2. The molecule has 0 aliphatic carbocycles. The van der Waals surface area contributed by atoms with Crippen LogP contribution in [0.25, 0.3) is 0 Å². The first-order valence-corrected chi connectivity index (χ1v) is 7.22. The lowest BCUT2D eigenvalue weighted by Crippen LogP contribution is -2.02. The van der Waals surface area contributed by atoms with Crippen LogP contribution in [0.1, 0.15) is 13.3 Å². The van der Waals surface area contributed by atoms with Gasteiger partial charge in [0.2, 0.25) is 5.28 Å². The molecule has 100 valence electrons. The molecule has 0 aliphatic rings. The highest BCUT2D eigenvalue weighted by atomic mass is 35.5.